The number of carbonyl (C=O) groups is 1. The summed E-state index contributed by atoms with van der Waals surface area (Å²) in [5.41, 5.74) is 2.95. The number of carbonyl (C=O) groups excluding carboxylic acids is 1. The molecular formula is C11H13N3O. The van der Waals surface area contributed by atoms with Gasteiger partial charge in [-0.3, -0.25) is 9.78 Å². The number of hydrogen-bond acceptors (Lipinski definition) is 3. The van der Waals surface area contributed by atoms with Crippen molar-refractivity contribution in [3.8, 4) is 0 Å². The maximum atomic E-state index is 11.4. The Morgan fingerprint density at radius 2 is 2.27 bits per heavy atom. The highest BCUT2D eigenvalue weighted by atomic mass is 16.2. The Morgan fingerprint density at radius 3 is 2.93 bits per heavy atom. The van der Waals surface area contributed by atoms with Gasteiger partial charge in [0.15, 0.2) is 0 Å². The molecule has 78 valence electrons. The zero-order valence-electron chi connectivity index (χ0n) is 8.55. The second kappa shape index (κ2) is 6.48. The lowest BCUT2D eigenvalue weighted by Crippen LogP contribution is -2.17. The molecule has 0 spiro atoms. The topological polar surface area (TPSA) is 54.4 Å². The molecule has 1 heterocycles. The molecule has 1 aromatic rings. The Bertz CT molecular complexity index is 357. The molecule has 1 rings (SSSR count). The molecule has 0 aliphatic rings. The third-order valence-electron chi connectivity index (χ3n) is 1.64. The van der Waals surface area contributed by atoms with Crippen LogP contribution < -0.4 is 5.43 Å². The van der Waals surface area contributed by atoms with Gasteiger partial charge in [0.2, 0.25) is 0 Å². The van der Waals surface area contributed by atoms with E-state index in [2.05, 4.69) is 15.5 Å². The fourth-order valence-electron chi connectivity index (χ4n) is 0.904. The Morgan fingerprint density at radius 1 is 1.53 bits per heavy atom. The first-order valence-electron chi connectivity index (χ1n) is 4.73. The molecule has 1 N–H and O–H groups in total. The van der Waals surface area contributed by atoms with Gasteiger partial charge in [0, 0.05) is 24.2 Å². The van der Waals surface area contributed by atoms with E-state index < -0.39 is 0 Å². The van der Waals surface area contributed by atoms with Crippen molar-refractivity contribution >= 4 is 12.1 Å². The summed E-state index contributed by atoms with van der Waals surface area (Å²) in [7, 11) is 0. The van der Waals surface area contributed by atoms with Crippen LogP contribution in [0.4, 0.5) is 0 Å². The lowest BCUT2D eigenvalue weighted by molar-refractivity contribution is 0.0955. The third kappa shape index (κ3) is 4.17. The van der Waals surface area contributed by atoms with Crippen molar-refractivity contribution in [1.29, 1.82) is 0 Å². The number of rotatable bonds is 4. The molecule has 0 aliphatic heterocycles. The number of amides is 1. The first-order chi connectivity index (χ1) is 7.34. The summed E-state index contributed by atoms with van der Waals surface area (Å²) in [5, 5.41) is 3.75. The third-order valence-corrected chi connectivity index (χ3v) is 1.64. The van der Waals surface area contributed by atoms with E-state index in [1.165, 1.54) is 0 Å². The molecule has 0 aromatic carbocycles. The molecule has 1 amide bonds. The quantitative estimate of drug-likeness (QED) is 0.599. The van der Waals surface area contributed by atoms with E-state index in [4.69, 9.17) is 0 Å². The number of aromatic nitrogens is 1. The molecule has 1 aromatic heterocycles. The highest BCUT2D eigenvalue weighted by Crippen LogP contribution is 1.94. The van der Waals surface area contributed by atoms with Gasteiger partial charge in [-0.2, -0.15) is 5.10 Å². The van der Waals surface area contributed by atoms with Crippen LogP contribution in [0.1, 0.15) is 23.7 Å². The standard InChI is InChI=1S/C11H13N3O/c1-2-3-4-7-13-14-11(15)10-5-8-12-9-6-10/h3-9H,2H2,1H3,(H,14,15)/b4-3+,13-7+. The summed E-state index contributed by atoms with van der Waals surface area (Å²) in [6, 6.07) is 3.26. The van der Waals surface area contributed by atoms with Gasteiger partial charge >= 0.3 is 0 Å². The first-order valence-corrected chi connectivity index (χ1v) is 4.73. The van der Waals surface area contributed by atoms with Gasteiger partial charge in [-0.1, -0.05) is 13.0 Å². The van der Waals surface area contributed by atoms with Crippen LogP contribution in [0.3, 0.4) is 0 Å². The predicted octanol–water partition coefficient (Wildman–Crippen LogP) is 1.76. The monoisotopic (exact) mass is 203 g/mol. The Balaban J connectivity index is 2.44. The van der Waals surface area contributed by atoms with Crippen LogP contribution in [-0.4, -0.2) is 17.1 Å². The highest BCUT2D eigenvalue weighted by Gasteiger charge is 2.00. The molecule has 15 heavy (non-hydrogen) atoms. The normalized spacial score (nSPS) is 11.0. The SMILES string of the molecule is CC/C=C/C=N/NC(=O)c1ccncc1. The number of hydrogen-bond donors (Lipinski definition) is 1. The fraction of sp³-hybridized carbons (Fsp3) is 0.182. The summed E-state index contributed by atoms with van der Waals surface area (Å²) in [4.78, 5) is 15.2. The molecule has 4 nitrogen and oxygen atoms in total. The number of nitrogens with one attached hydrogen (secondary N) is 1. The van der Waals surface area contributed by atoms with Gasteiger partial charge < -0.3 is 0 Å². The molecular weight excluding hydrogens is 190 g/mol. The maximum Gasteiger partial charge on any atom is 0.271 e. The Kier molecular flexibility index (Phi) is 4.80. The van der Waals surface area contributed by atoms with Crippen LogP contribution in [0, 0.1) is 0 Å². The Labute approximate surface area is 88.7 Å². The molecule has 0 saturated heterocycles. The first kappa shape index (κ1) is 11.1. The van der Waals surface area contributed by atoms with Crippen molar-refractivity contribution in [2.75, 3.05) is 0 Å². The van der Waals surface area contributed by atoms with E-state index in [1.807, 2.05) is 13.0 Å². The van der Waals surface area contributed by atoms with Crippen molar-refractivity contribution in [3.05, 3.63) is 42.2 Å². The van der Waals surface area contributed by atoms with E-state index >= 15 is 0 Å². The lowest BCUT2D eigenvalue weighted by atomic mass is 10.3. The van der Waals surface area contributed by atoms with E-state index in [0.29, 0.717) is 5.56 Å². The van der Waals surface area contributed by atoms with Crippen LogP contribution in [0.15, 0.2) is 41.8 Å². The number of nitrogens with zero attached hydrogens (tertiary/aromatic N) is 2. The minimum Gasteiger partial charge on any atom is -0.267 e. The van der Waals surface area contributed by atoms with Crippen LogP contribution in [0.5, 0.6) is 0 Å². The summed E-state index contributed by atoms with van der Waals surface area (Å²) in [5.74, 6) is -0.237. The highest BCUT2D eigenvalue weighted by molar-refractivity contribution is 5.94. The van der Waals surface area contributed by atoms with Crippen molar-refractivity contribution in [2.45, 2.75) is 13.3 Å². The molecule has 4 heteroatoms. The van der Waals surface area contributed by atoms with Gasteiger partial charge in [0.05, 0.1) is 0 Å². The van der Waals surface area contributed by atoms with Crippen LogP contribution in [0.25, 0.3) is 0 Å². The van der Waals surface area contributed by atoms with Gasteiger partial charge in [0.1, 0.15) is 0 Å². The molecule has 0 aliphatic carbocycles. The molecule has 0 radical (unpaired) electrons. The molecule has 0 bridgehead atoms. The van der Waals surface area contributed by atoms with Crippen molar-refractivity contribution < 1.29 is 4.79 Å². The molecule has 0 fully saturated rings. The van der Waals surface area contributed by atoms with E-state index in [0.717, 1.165) is 6.42 Å². The van der Waals surface area contributed by atoms with Crippen LogP contribution in [-0.2, 0) is 0 Å². The lowest BCUT2D eigenvalue weighted by Gasteiger charge is -1.96. The molecule has 0 saturated carbocycles. The van der Waals surface area contributed by atoms with Gasteiger partial charge in [0.25, 0.3) is 5.91 Å². The van der Waals surface area contributed by atoms with Gasteiger partial charge in [-0.25, -0.2) is 5.43 Å². The van der Waals surface area contributed by atoms with E-state index in [9.17, 15) is 4.79 Å². The second-order valence-corrected chi connectivity index (χ2v) is 2.79. The predicted molar refractivity (Wildman–Crippen MR) is 59.6 cm³/mol. The van der Waals surface area contributed by atoms with E-state index in [-0.39, 0.29) is 5.91 Å². The maximum absolute atomic E-state index is 11.4. The summed E-state index contributed by atoms with van der Waals surface area (Å²) in [6.07, 6.45) is 9.35. The van der Waals surface area contributed by atoms with E-state index in [1.54, 1.807) is 36.8 Å². The number of pyridine rings is 1. The minimum absolute atomic E-state index is 0.237. The number of allylic oxidation sites excluding steroid dienone is 2. The average Bonchev–Trinajstić information content (AvgIpc) is 2.30. The number of hydrazone groups is 1. The average molecular weight is 203 g/mol. The molecule has 0 unspecified atom stereocenters. The minimum atomic E-state index is -0.237. The second-order valence-electron chi connectivity index (χ2n) is 2.79. The van der Waals surface area contributed by atoms with Crippen molar-refractivity contribution in [3.63, 3.8) is 0 Å². The zero-order chi connectivity index (χ0) is 10.9. The zero-order valence-corrected chi connectivity index (χ0v) is 8.55. The van der Waals surface area contributed by atoms with Gasteiger partial charge in [-0.15, -0.1) is 0 Å². The summed E-state index contributed by atoms with van der Waals surface area (Å²) < 4.78 is 0. The summed E-state index contributed by atoms with van der Waals surface area (Å²) >= 11 is 0. The molecule has 0 atom stereocenters. The Hall–Kier alpha value is -1.97. The van der Waals surface area contributed by atoms with Crippen LogP contribution in [0.2, 0.25) is 0 Å². The summed E-state index contributed by atoms with van der Waals surface area (Å²) in [6.45, 7) is 2.03. The van der Waals surface area contributed by atoms with Crippen molar-refractivity contribution in [1.82, 2.24) is 10.4 Å². The largest absolute Gasteiger partial charge is 0.271 e. The van der Waals surface area contributed by atoms with Gasteiger partial charge in [-0.05, 0) is 24.6 Å². The smallest absolute Gasteiger partial charge is 0.267 e. The van der Waals surface area contributed by atoms with Crippen LogP contribution >= 0.6 is 0 Å². The van der Waals surface area contributed by atoms with Crippen molar-refractivity contribution in [2.24, 2.45) is 5.10 Å². The fourth-order valence-corrected chi connectivity index (χ4v) is 0.904.